The largest absolute Gasteiger partial charge is 0.481 e. The Morgan fingerprint density at radius 2 is 1.71 bits per heavy atom. The quantitative estimate of drug-likeness (QED) is 0.837. The molecule has 1 aromatic heterocycles. The van der Waals surface area contributed by atoms with Crippen molar-refractivity contribution in [2.45, 2.75) is 6.54 Å². The van der Waals surface area contributed by atoms with Crippen LogP contribution in [0.1, 0.15) is 15.9 Å². The number of nitrogens with zero attached hydrogens (tertiary/aromatic N) is 2. The Balaban J connectivity index is 2.14. The molecule has 0 unspecified atom stereocenters. The van der Waals surface area contributed by atoms with Crippen LogP contribution in [0, 0.1) is 0 Å². The van der Waals surface area contributed by atoms with Crippen LogP contribution in [0.15, 0.2) is 30.6 Å². The summed E-state index contributed by atoms with van der Waals surface area (Å²) in [5, 5.41) is 12.0. The zero-order valence-electron chi connectivity index (χ0n) is 11.7. The van der Waals surface area contributed by atoms with Crippen LogP contribution in [0.4, 0.5) is 5.69 Å². The average Bonchev–Trinajstić information content (AvgIpc) is 2.52. The summed E-state index contributed by atoms with van der Waals surface area (Å²) < 4.78 is 10.4. The molecule has 1 aromatic carbocycles. The second-order valence-corrected chi connectivity index (χ2v) is 4.11. The lowest BCUT2D eigenvalue weighted by Crippen LogP contribution is -2.07. The van der Waals surface area contributed by atoms with Crippen molar-refractivity contribution in [2.24, 2.45) is 0 Å². The summed E-state index contributed by atoms with van der Waals surface area (Å²) in [6.45, 7) is 0.388. The first-order valence-electron chi connectivity index (χ1n) is 6.14. The molecule has 7 nitrogen and oxygen atoms in total. The molecular formula is C14H15N3O4. The summed E-state index contributed by atoms with van der Waals surface area (Å²) in [7, 11) is 3.04. The highest BCUT2D eigenvalue weighted by Gasteiger charge is 2.12. The van der Waals surface area contributed by atoms with Crippen molar-refractivity contribution in [3.05, 3.63) is 41.7 Å². The Morgan fingerprint density at radius 3 is 2.19 bits per heavy atom. The molecular weight excluding hydrogens is 274 g/mol. The molecule has 110 valence electrons. The molecule has 1 heterocycles. The van der Waals surface area contributed by atoms with E-state index in [1.807, 2.05) is 0 Å². The van der Waals surface area contributed by atoms with Gasteiger partial charge in [0.1, 0.15) is 6.33 Å². The molecule has 0 amide bonds. The number of rotatable bonds is 6. The Morgan fingerprint density at radius 1 is 1.14 bits per heavy atom. The molecule has 0 aliphatic carbocycles. The Hall–Kier alpha value is -2.83. The van der Waals surface area contributed by atoms with Crippen LogP contribution in [-0.4, -0.2) is 35.3 Å². The van der Waals surface area contributed by atoms with Gasteiger partial charge >= 0.3 is 5.97 Å². The van der Waals surface area contributed by atoms with Crippen molar-refractivity contribution in [1.82, 2.24) is 9.97 Å². The van der Waals surface area contributed by atoms with Gasteiger partial charge in [0.2, 0.25) is 11.8 Å². The number of anilines is 1. The van der Waals surface area contributed by atoms with E-state index in [4.69, 9.17) is 14.6 Å². The van der Waals surface area contributed by atoms with Crippen LogP contribution < -0.4 is 14.8 Å². The molecule has 7 heteroatoms. The van der Waals surface area contributed by atoms with E-state index in [-0.39, 0.29) is 5.56 Å². The van der Waals surface area contributed by atoms with Crippen molar-refractivity contribution >= 4 is 11.7 Å². The van der Waals surface area contributed by atoms with Crippen molar-refractivity contribution < 1.29 is 19.4 Å². The minimum Gasteiger partial charge on any atom is -0.481 e. The number of aromatic nitrogens is 2. The molecule has 0 radical (unpaired) electrons. The normalized spacial score (nSPS) is 10.0. The lowest BCUT2D eigenvalue weighted by molar-refractivity contribution is 0.0697. The molecule has 0 spiro atoms. The Bertz CT molecular complexity index is 606. The summed E-state index contributed by atoms with van der Waals surface area (Å²) in [6, 6.07) is 6.43. The SMILES string of the molecule is COc1ncnc(OC)c1CNc1ccc(C(=O)O)cc1. The fraction of sp³-hybridized carbons (Fsp3) is 0.214. The highest BCUT2D eigenvalue weighted by Crippen LogP contribution is 2.24. The van der Waals surface area contributed by atoms with Crippen LogP contribution in [-0.2, 0) is 6.54 Å². The number of carbonyl (C=O) groups is 1. The third-order valence-electron chi connectivity index (χ3n) is 2.85. The molecule has 0 bridgehead atoms. The van der Waals surface area contributed by atoms with Gasteiger partial charge in [0.05, 0.1) is 31.9 Å². The number of benzene rings is 1. The van der Waals surface area contributed by atoms with Crippen molar-refractivity contribution in [2.75, 3.05) is 19.5 Å². The molecule has 0 aliphatic heterocycles. The standard InChI is InChI=1S/C14H15N3O4/c1-20-12-11(13(21-2)17-8-16-12)7-15-10-5-3-9(4-6-10)14(18)19/h3-6,8,15H,7H2,1-2H3,(H,18,19). The van der Waals surface area contributed by atoms with Crippen LogP contribution in [0.25, 0.3) is 0 Å². The smallest absolute Gasteiger partial charge is 0.335 e. The second kappa shape index (κ2) is 6.56. The summed E-state index contributed by atoms with van der Waals surface area (Å²) >= 11 is 0. The lowest BCUT2D eigenvalue weighted by atomic mass is 10.2. The van der Waals surface area contributed by atoms with E-state index < -0.39 is 5.97 Å². The van der Waals surface area contributed by atoms with E-state index in [0.29, 0.717) is 23.9 Å². The molecule has 2 aromatic rings. The number of carboxylic acid groups (broad SMARTS) is 1. The van der Waals surface area contributed by atoms with Crippen molar-refractivity contribution in [3.8, 4) is 11.8 Å². The van der Waals surface area contributed by atoms with Crippen LogP contribution in [0.5, 0.6) is 11.8 Å². The number of nitrogens with one attached hydrogen (secondary N) is 1. The fourth-order valence-corrected chi connectivity index (χ4v) is 1.81. The number of hydrogen-bond donors (Lipinski definition) is 2. The summed E-state index contributed by atoms with van der Waals surface area (Å²) in [4.78, 5) is 18.8. The first-order valence-corrected chi connectivity index (χ1v) is 6.14. The van der Waals surface area contributed by atoms with E-state index in [1.54, 1.807) is 12.1 Å². The van der Waals surface area contributed by atoms with Crippen LogP contribution >= 0.6 is 0 Å². The van der Waals surface area contributed by atoms with Gasteiger partial charge in [-0.1, -0.05) is 0 Å². The van der Waals surface area contributed by atoms with Gasteiger partial charge in [0.15, 0.2) is 0 Å². The highest BCUT2D eigenvalue weighted by atomic mass is 16.5. The minimum absolute atomic E-state index is 0.235. The molecule has 2 rings (SSSR count). The Labute approximate surface area is 121 Å². The summed E-state index contributed by atoms with van der Waals surface area (Å²) in [5.41, 5.74) is 1.69. The molecule has 0 atom stereocenters. The van der Waals surface area contributed by atoms with Crippen LogP contribution in [0.2, 0.25) is 0 Å². The number of carboxylic acids is 1. The Kier molecular flexibility index (Phi) is 4.55. The lowest BCUT2D eigenvalue weighted by Gasteiger charge is -2.12. The fourth-order valence-electron chi connectivity index (χ4n) is 1.81. The van der Waals surface area contributed by atoms with Gasteiger partial charge in [-0.2, -0.15) is 0 Å². The third-order valence-corrected chi connectivity index (χ3v) is 2.85. The average molecular weight is 289 g/mol. The number of methoxy groups -OCH3 is 2. The van der Waals surface area contributed by atoms with E-state index in [9.17, 15) is 4.79 Å². The van der Waals surface area contributed by atoms with Gasteiger partial charge < -0.3 is 19.9 Å². The van der Waals surface area contributed by atoms with Gasteiger partial charge in [-0.25, -0.2) is 14.8 Å². The molecule has 21 heavy (non-hydrogen) atoms. The third kappa shape index (κ3) is 3.38. The topological polar surface area (TPSA) is 93.6 Å². The van der Waals surface area contributed by atoms with Gasteiger partial charge in [0.25, 0.3) is 0 Å². The maximum Gasteiger partial charge on any atom is 0.335 e. The number of ether oxygens (including phenoxy) is 2. The zero-order chi connectivity index (χ0) is 15.2. The molecule has 0 saturated carbocycles. The second-order valence-electron chi connectivity index (χ2n) is 4.11. The molecule has 0 aliphatic rings. The van der Waals surface area contributed by atoms with E-state index in [1.165, 1.54) is 32.7 Å². The summed E-state index contributed by atoms with van der Waals surface area (Å²) in [5.74, 6) is -0.102. The number of aromatic carboxylic acids is 1. The predicted molar refractivity (Wildman–Crippen MR) is 75.9 cm³/mol. The first-order chi connectivity index (χ1) is 10.2. The maximum atomic E-state index is 10.8. The van der Waals surface area contributed by atoms with Gasteiger partial charge in [0, 0.05) is 5.69 Å². The maximum absolute atomic E-state index is 10.8. The molecule has 2 N–H and O–H groups in total. The van der Waals surface area contributed by atoms with Crippen LogP contribution in [0.3, 0.4) is 0 Å². The minimum atomic E-state index is -0.957. The van der Waals surface area contributed by atoms with Gasteiger partial charge in [-0.3, -0.25) is 0 Å². The monoisotopic (exact) mass is 289 g/mol. The van der Waals surface area contributed by atoms with E-state index >= 15 is 0 Å². The highest BCUT2D eigenvalue weighted by molar-refractivity contribution is 5.87. The van der Waals surface area contributed by atoms with Gasteiger partial charge in [-0.15, -0.1) is 0 Å². The molecule has 0 saturated heterocycles. The summed E-state index contributed by atoms with van der Waals surface area (Å²) in [6.07, 6.45) is 1.36. The van der Waals surface area contributed by atoms with E-state index in [2.05, 4.69) is 15.3 Å². The van der Waals surface area contributed by atoms with E-state index in [0.717, 1.165) is 5.69 Å². The predicted octanol–water partition coefficient (Wildman–Crippen LogP) is 1.80. The van der Waals surface area contributed by atoms with Crippen molar-refractivity contribution in [1.29, 1.82) is 0 Å². The first kappa shape index (κ1) is 14.6. The zero-order valence-corrected chi connectivity index (χ0v) is 11.7. The molecule has 0 fully saturated rings. The number of hydrogen-bond acceptors (Lipinski definition) is 6. The van der Waals surface area contributed by atoms with Crippen molar-refractivity contribution in [3.63, 3.8) is 0 Å². The van der Waals surface area contributed by atoms with Gasteiger partial charge in [-0.05, 0) is 24.3 Å².